The van der Waals surface area contributed by atoms with Gasteiger partial charge in [0.05, 0.1) is 0 Å². The molecule has 30 heavy (non-hydrogen) atoms. The molecule has 0 unspecified atom stereocenters. The summed E-state index contributed by atoms with van der Waals surface area (Å²) in [5, 5.41) is 0. The Balaban J connectivity index is 1.23. The Bertz CT molecular complexity index is 1050. The summed E-state index contributed by atoms with van der Waals surface area (Å²) in [7, 11) is 0. The van der Waals surface area contributed by atoms with Gasteiger partial charge < -0.3 is 14.2 Å². The number of carbonyl (C=O) groups excluding carboxylic acids is 2. The lowest BCUT2D eigenvalue weighted by atomic mass is 9.96. The standard InChI is InChI=1S/C24H25N3O3/c28-22-9-4-12-27(22)16-17-5-3-6-19(15-17)24(29)26-13-10-18(11-14-26)23-25-20-7-1-2-8-21(20)30-23/h1-3,5-8,15,18H,4,9-14,16H2. The molecule has 1 aromatic heterocycles. The predicted octanol–water partition coefficient (Wildman–Crippen LogP) is 3.97. The molecule has 6 nitrogen and oxygen atoms in total. The van der Waals surface area contributed by atoms with Gasteiger partial charge in [-0.3, -0.25) is 9.59 Å². The quantitative estimate of drug-likeness (QED) is 0.661. The van der Waals surface area contributed by atoms with Crippen LogP contribution in [-0.2, 0) is 11.3 Å². The van der Waals surface area contributed by atoms with Gasteiger partial charge in [-0.2, -0.15) is 0 Å². The first-order valence-corrected chi connectivity index (χ1v) is 10.7. The van der Waals surface area contributed by atoms with Crippen LogP contribution in [0.2, 0.25) is 0 Å². The first-order chi connectivity index (χ1) is 14.7. The number of likely N-dealkylation sites (tertiary alicyclic amines) is 2. The molecule has 0 spiro atoms. The fourth-order valence-electron chi connectivity index (χ4n) is 4.47. The Hall–Kier alpha value is -3.15. The summed E-state index contributed by atoms with van der Waals surface area (Å²) in [6, 6.07) is 15.5. The van der Waals surface area contributed by atoms with Crippen LogP contribution >= 0.6 is 0 Å². The summed E-state index contributed by atoms with van der Waals surface area (Å²) < 4.78 is 5.93. The number of fused-ring (bicyclic) bond motifs is 1. The SMILES string of the molecule is O=C1CCCN1Cc1cccc(C(=O)N2CCC(c3nc4ccccc4o3)CC2)c1. The van der Waals surface area contributed by atoms with Crippen LogP contribution in [0.4, 0.5) is 0 Å². The highest BCUT2D eigenvalue weighted by molar-refractivity contribution is 5.94. The molecule has 5 rings (SSSR count). The smallest absolute Gasteiger partial charge is 0.253 e. The Morgan fingerprint density at radius 2 is 1.90 bits per heavy atom. The number of carbonyl (C=O) groups is 2. The molecule has 0 radical (unpaired) electrons. The topological polar surface area (TPSA) is 66.7 Å². The van der Waals surface area contributed by atoms with Gasteiger partial charge in [0.1, 0.15) is 5.52 Å². The van der Waals surface area contributed by atoms with Gasteiger partial charge in [-0.1, -0.05) is 24.3 Å². The number of nitrogens with zero attached hydrogens (tertiary/aromatic N) is 3. The molecule has 2 aromatic carbocycles. The average Bonchev–Trinajstić information content (AvgIpc) is 3.40. The summed E-state index contributed by atoms with van der Waals surface area (Å²) in [6.07, 6.45) is 3.25. The van der Waals surface area contributed by atoms with Crippen molar-refractivity contribution in [3.8, 4) is 0 Å². The second kappa shape index (κ2) is 7.94. The van der Waals surface area contributed by atoms with E-state index in [0.29, 0.717) is 31.6 Å². The van der Waals surface area contributed by atoms with Crippen molar-refractivity contribution >= 4 is 22.9 Å². The van der Waals surface area contributed by atoms with Gasteiger partial charge in [0, 0.05) is 44.1 Å². The molecule has 0 aliphatic carbocycles. The molecule has 2 amide bonds. The number of piperidine rings is 1. The maximum absolute atomic E-state index is 13.0. The molecule has 2 fully saturated rings. The third kappa shape index (κ3) is 3.70. The fraction of sp³-hybridized carbons (Fsp3) is 0.375. The van der Waals surface area contributed by atoms with Crippen LogP contribution < -0.4 is 0 Å². The van der Waals surface area contributed by atoms with E-state index in [1.165, 1.54) is 0 Å². The van der Waals surface area contributed by atoms with Crippen molar-refractivity contribution in [1.82, 2.24) is 14.8 Å². The number of hydrogen-bond acceptors (Lipinski definition) is 4. The molecule has 3 aromatic rings. The third-order valence-electron chi connectivity index (χ3n) is 6.16. The van der Waals surface area contributed by atoms with Crippen molar-refractivity contribution in [3.63, 3.8) is 0 Å². The molecular weight excluding hydrogens is 378 g/mol. The Kier molecular flexibility index (Phi) is 4.99. The normalized spacial score (nSPS) is 17.8. The monoisotopic (exact) mass is 403 g/mol. The van der Waals surface area contributed by atoms with Crippen molar-refractivity contribution in [2.75, 3.05) is 19.6 Å². The zero-order chi connectivity index (χ0) is 20.5. The van der Waals surface area contributed by atoms with Crippen molar-refractivity contribution < 1.29 is 14.0 Å². The van der Waals surface area contributed by atoms with Crippen LogP contribution in [0.25, 0.3) is 11.1 Å². The lowest BCUT2D eigenvalue weighted by molar-refractivity contribution is -0.128. The van der Waals surface area contributed by atoms with Crippen LogP contribution in [0.3, 0.4) is 0 Å². The molecule has 154 valence electrons. The van der Waals surface area contributed by atoms with E-state index in [2.05, 4.69) is 4.98 Å². The summed E-state index contributed by atoms with van der Waals surface area (Å²) in [6.45, 7) is 2.77. The Labute approximate surface area is 175 Å². The average molecular weight is 403 g/mol. The van der Waals surface area contributed by atoms with E-state index in [1.807, 2.05) is 58.3 Å². The van der Waals surface area contributed by atoms with Gasteiger partial charge >= 0.3 is 0 Å². The molecule has 6 heteroatoms. The number of benzene rings is 2. The van der Waals surface area contributed by atoms with E-state index in [-0.39, 0.29) is 17.7 Å². The largest absolute Gasteiger partial charge is 0.440 e. The minimum atomic E-state index is 0.0561. The minimum Gasteiger partial charge on any atom is -0.440 e. The van der Waals surface area contributed by atoms with Crippen molar-refractivity contribution in [2.24, 2.45) is 0 Å². The van der Waals surface area contributed by atoms with Crippen LogP contribution in [0.5, 0.6) is 0 Å². The van der Waals surface area contributed by atoms with Gasteiger partial charge in [-0.25, -0.2) is 4.98 Å². The van der Waals surface area contributed by atoms with Gasteiger partial charge in [0.25, 0.3) is 5.91 Å². The molecule has 2 aliphatic heterocycles. The van der Waals surface area contributed by atoms with E-state index in [0.717, 1.165) is 48.4 Å². The number of para-hydroxylation sites is 2. The zero-order valence-electron chi connectivity index (χ0n) is 16.9. The summed E-state index contributed by atoms with van der Waals surface area (Å²) in [5.41, 5.74) is 3.41. The summed E-state index contributed by atoms with van der Waals surface area (Å²) in [4.78, 5) is 33.3. The Morgan fingerprint density at radius 1 is 1.07 bits per heavy atom. The number of hydrogen-bond donors (Lipinski definition) is 0. The predicted molar refractivity (Wildman–Crippen MR) is 113 cm³/mol. The zero-order valence-corrected chi connectivity index (χ0v) is 16.9. The first kappa shape index (κ1) is 18.9. The molecule has 2 aliphatic rings. The molecule has 2 saturated heterocycles. The summed E-state index contributed by atoms with van der Waals surface area (Å²) >= 11 is 0. The molecule has 0 bridgehead atoms. The van der Waals surface area contributed by atoms with Crippen molar-refractivity contribution in [3.05, 3.63) is 65.5 Å². The van der Waals surface area contributed by atoms with Gasteiger partial charge in [-0.15, -0.1) is 0 Å². The van der Waals surface area contributed by atoms with Crippen LogP contribution in [0.15, 0.2) is 52.9 Å². The lowest BCUT2D eigenvalue weighted by Crippen LogP contribution is -2.38. The number of aromatic nitrogens is 1. The number of oxazole rings is 1. The maximum atomic E-state index is 13.0. The molecule has 0 N–H and O–H groups in total. The number of amides is 2. The van der Waals surface area contributed by atoms with Crippen LogP contribution in [0, 0.1) is 0 Å². The molecule has 0 atom stereocenters. The van der Waals surface area contributed by atoms with E-state index >= 15 is 0 Å². The van der Waals surface area contributed by atoms with E-state index in [1.54, 1.807) is 0 Å². The second-order valence-corrected chi connectivity index (χ2v) is 8.21. The highest BCUT2D eigenvalue weighted by Crippen LogP contribution is 2.30. The fourth-order valence-corrected chi connectivity index (χ4v) is 4.47. The van der Waals surface area contributed by atoms with E-state index in [4.69, 9.17) is 4.42 Å². The molecular formula is C24H25N3O3. The van der Waals surface area contributed by atoms with Crippen LogP contribution in [-0.4, -0.2) is 46.2 Å². The van der Waals surface area contributed by atoms with Gasteiger partial charge in [-0.05, 0) is 49.1 Å². The minimum absolute atomic E-state index is 0.0561. The van der Waals surface area contributed by atoms with Crippen molar-refractivity contribution in [2.45, 2.75) is 38.1 Å². The van der Waals surface area contributed by atoms with Crippen LogP contribution in [0.1, 0.15) is 53.4 Å². The maximum Gasteiger partial charge on any atom is 0.253 e. The summed E-state index contributed by atoms with van der Waals surface area (Å²) in [5.74, 6) is 1.28. The molecule has 3 heterocycles. The first-order valence-electron chi connectivity index (χ1n) is 10.7. The lowest BCUT2D eigenvalue weighted by Gasteiger charge is -2.30. The van der Waals surface area contributed by atoms with Gasteiger partial charge in [0.2, 0.25) is 5.91 Å². The molecule has 0 saturated carbocycles. The van der Waals surface area contributed by atoms with Crippen molar-refractivity contribution in [1.29, 1.82) is 0 Å². The number of rotatable bonds is 4. The van der Waals surface area contributed by atoms with Gasteiger partial charge in [0.15, 0.2) is 11.5 Å². The Morgan fingerprint density at radius 3 is 2.67 bits per heavy atom. The highest BCUT2D eigenvalue weighted by atomic mass is 16.3. The van der Waals surface area contributed by atoms with E-state index in [9.17, 15) is 9.59 Å². The highest BCUT2D eigenvalue weighted by Gasteiger charge is 2.28. The third-order valence-corrected chi connectivity index (χ3v) is 6.16. The van der Waals surface area contributed by atoms with E-state index < -0.39 is 0 Å². The second-order valence-electron chi connectivity index (χ2n) is 8.21.